The Morgan fingerprint density at radius 3 is 2.40 bits per heavy atom. The minimum Gasteiger partial charge on any atom is -0.303 e. The van der Waals surface area contributed by atoms with Gasteiger partial charge in [-0.25, -0.2) is 0 Å². The fourth-order valence-corrected chi connectivity index (χ4v) is 0.663. The molecule has 0 saturated carbocycles. The highest BCUT2D eigenvalue weighted by Crippen LogP contribution is 2.22. The Kier molecular flexibility index (Phi) is 4.01. The Balaban J connectivity index is 3.92. The van der Waals surface area contributed by atoms with Gasteiger partial charge in [-0.15, -0.1) is 0 Å². The zero-order valence-corrected chi connectivity index (χ0v) is 7.05. The van der Waals surface area contributed by atoms with Crippen molar-refractivity contribution in [1.82, 2.24) is 0 Å². The first-order valence-corrected chi connectivity index (χ1v) is 3.76. The fraction of sp³-hybridized carbons (Fsp3) is 0.667. The molecule has 0 fully saturated rings. The van der Waals surface area contributed by atoms with E-state index in [2.05, 4.69) is 0 Å². The Morgan fingerprint density at radius 2 is 2.10 bits per heavy atom. The van der Waals surface area contributed by atoms with Crippen molar-refractivity contribution in [3.05, 3.63) is 12.2 Å². The highest BCUT2D eigenvalue weighted by molar-refractivity contribution is 5.58. The molecule has 0 radical (unpaired) electrons. The first-order chi connectivity index (χ1) is 4.68. The lowest BCUT2D eigenvalue weighted by atomic mass is 9.86. The molecular weight excluding hydrogens is 124 g/mol. The van der Waals surface area contributed by atoms with Crippen molar-refractivity contribution >= 4 is 6.29 Å². The second-order valence-corrected chi connectivity index (χ2v) is 2.90. The molecule has 1 unspecified atom stereocenters. The molecule has 0 aromatic rings. The van der Waals surface area contributed by atoms with Gasteiger partial charge in [-0.3, -0.25) is 0 Å². The molecule has 0 bridgehead atoms. The second kappa shape index (κ2) is 4.26. The van der Waals surface area contributed by atoms with E-state index in [1.807, 2.05) is 32.9 Å². The van der Waals surface area contributed by atoms with Crippen LogP contribution in [0.3, 0.4) is 0 Å². The van der Waals surface area contributed by atoms with E-state index in [9.17, 15) is 4.79 Å². The van der Waals surface area contributed by atoms with Crippen molar-refractivity contribution in [2.45, 2.75) is 33.6 Å². The number of allylic oxidation sites excluding steroid dienone is 2. The summed E-state index contributed by atoms with van der Waals surface area (Å²) >= 11 is 0. The van der Waals surface area contributed by atoms with Gasteiger partial charge in [0.15, 0.2) is 0 Å². The topological polar surface area (TPSA) is 17.1 Å². The van der Waals surface area contributed by atoms with Gasteiger partial charge in [0.2, 0.25) is 0 Å². The molecule has 0 N–H and O–H groups in total. The van der Waals surface area contributed by atoms with Gasteiger partial charge < -0.3 is 4.79 Å². The molecule has 0 rings (SSSR count). The van der Waals surface area contributed by atoms with E-state index in [0.717, 1.165) is 19.1 Å². The lowest BCUT2D eigenvalue weighted by Gasteiger charge is -2.17. The van der Waals surface area contributed by atoms with Gasteiger partial charge in [0, 0.05) is 5.41 Å². The van der Waals surface area contributed by atoms with Crippen molar-refractivity contribution < 1.29 is 4.79 Å². The third-order valence-corrected chi connectivity index (χ3v) is 1.91. The maximum absolute atomic E-state index is 10.5. The molecule has 0 spiro atoms. The van der Waals surface area contributed by atoms with Crippen molar-refractivity contribution in [3.8, 4) is 0 Å². The van der Waals surface area contributed by atoms with Crippen molar-refractivity contribution in [2.75, 3.05) is 0 Å². The quantitative estimate of drug-likeness (QED) is 0.433. The number of aldehydes is 1. The van der Waals surface area contributed by atoms with Crippen molar-refractivity contribution in [3.63, 3.8) is 0 Å². The van der Waals surface area contributed by atoms with E-state index in [0.29, 0.717) is 0 Å². The van der Waals surface area contributed by atoms with E-state index in [1.165, 1.54) is 0 Å². The van der Waals surface area contributed by atoms with E-state index < -0.39 is 0 Å². The van der Waals surface area contributed by atoms with Crippen LogP contribution in [0.4, 0.5) is 0 Å². The van der Waals surface area contributed by atoms with Crippen LogP contribution in [0.25, 0.3) is 0 Å². The number of hydrogen-bond acceptors (Lipinski definition) is 1. The molecule has 10 heavy (non-hydrogen) atoms. The van der Waals surface area contributed by atoms with Gasteiger partial charge in [0.05, 0.1) is 0 Å². The molecule has 1 atom stereocenters. The van der Waals surface area contributed by atoms with Crippen LogP contribution in [-0.4, -0.2) is 6.29 Å². The van der Waals surface area contributed by atoms with E-state index in [-0.39, 0.29) is 5.41 Å². The zero-order valence-electron chi connectivity index (χ0n) is 7.05. The van der Waals surface area contributed by atoms with Crippen LogP contribution < -0.4 is 0 Å². The third-order valence-electron chi connectivity index (χ3n) is 1.91. The average molecular weight is 140 g/mol. The Morgan fingerprint density at radius 1 is 1.50 bits per heavy atom. The van der Waals surface area contributed by atoms with Crippen LogP contribution in [0.15, 0.2) is 12.2 Å². The molecule has 0 aliphatic heterocycles. The van der Waals surface area contributed by atoms with Crippen LogP contribution in [0, 0.1) is 5.41 Å². The lowest BCUT2D eigenvalue weighted by Crippen LogP contribution is -2.15. The van der Waals surface area contributed by atoms with Gasteiger partial charge in [-0.05, 0) is 19.8 Å². The molecule has 0 aromatic carbocycles. The molecule has 0 aromatic heterocycles. The summed E-state index contributed by atoms with van der Waals surface area (Å²) in [5.74, 6) is 0. The SMILES string of the molecule is C/C=C/CC(C)(C=O)CC. The summed E-state index contributed by atoms with van der Waals surface area (Å²) in [6.07, 6.45) is 6.85. The molecule has 0 heterocycles. The van der Waals surface area contributed by atoms with Crippen LogP contribution in [0.1, 0.15) is 33.6 Å². The van der Waals surface area contributed by atoms with Crippen LogP contribution in [0.2, 0.25) is 0 Å². The largest absolute Gasteiger partial charge is 0.303 e. The Hall–Kier alpha value is -0.590. The number of hydrogen-bond donors (Lipinski definition) is 0. The van der Waals surface area contributed by atoms with Crippen LogP contribution >= 0.6 is 0 Å². The monoisotopic (exact) mass is 140 g/mol. The Labute approximate surface area is 63.1 Å². The molecule has 1 heteroatoms. The summed E-state index contributed by atoms with van der Waals surface area (Å²) in [6, 6.07) is 0. The number of carbonyl (C=O) groups is 1. The maximum atomic E-state index is 10.5. The number of rotatable bonds is 4. The van der Waals surface area contributed by atoms with E-state index >= 15 is 0 Å². The summed E-state index contributed by atoms with van der Waals surface area (Å²) in [5, 5.41) is 0. The minimum absolute atomic E-state index is 0.132. The van der Waals surface area contributed by atoms with Gasteiger partial charge in [-0.2, -0.15) is 0 Å². The predicted molar refractivity (Wildman–Crippen MR) is 43.9 cm³/mol. The van der Waals surface area contributed by atoms with Gasteiger partial charge in [-0.1, -0.05) is 26.0 Å². The van der Waals surface area contributed by atoms with Gasteiger partial charge >= 0.3 is 0 Å². The van der Waals surface area contributed by atoms with Crippen LogP contribution in [0.5, 0.6) is 0 Å². The molecule has 0 saturated heterocycles. The van der Waals surface area contributed by atoms with Crippen molar-refractivity contribution in [2.24, 2.45) is 5.41 Å². The standard InChI is InChI=1S/C9H16O/c1-4-6-7-9(3,5-2)8-10/h4,6,8H,5,7H2,1-3H3/b6-4+. The Bertz CT molecular complexity index is 127. The van der Waals surface area contributed by atoms with E-state index in [1.54, 1.807) is 0 Å². The van der Waals surface area contributed by atoms with Crippen LogP contribution in [-0.2, 0) is 4.79 Å². The average Bonchev–Trinajstić information content (AvgIpc) is 2.00. The van der Waals surface area contributed by atoms with Gasteiger partial charge in [0.1, 0.15) is 6.29 Å². The zero-order chi connectivity index (χ0) is 8.04. The molecule has 1 nitrogen and oxygen atoms in total. The highest BCUT2D eigenvalue weighted by atomic mass is 16.1. The fourth-order valence-electron chi connectivity index (χ4n) is 0.663. The predicted octanol–water partition coefficient (Wildman–Crippen LogP) is 2.57. The summed E-state index contributed by atoms with van der Waals surface area (Å²) in [7, 11) is 0. The summed E-state index contributed by atoms with van der Waals surface area (Å²) in [5.41, 5.74) is -0.132. The molecule has 0 aliphatic rings. The van der Waals surface area contributed by atoms with E-state index in [4.69, 9.17) is 0 Å². The van der Waals surface area contributed by atoms with Gasteiger partial charge in [0.25, 0.3) is 0 Å². The first-order valence-electron chi connectivity index (χ1n) is 3.76. The number of carbonyl (C=O) groups excluding carboxylic acids is 1. The molecule has 58 valence electrons. The third kappa shape index (κ3) is 2.81. The second-order valence-electron chi connectivity index (χ2n) is 2.90. The summed E-state index contributed by atoms with van der Waals surface area (Å²) < 4.78 is 0. The minimum atomic E-state index is -0.132. The van der Waals surface area contributed by atoms with Crippen molar-refractivity contribution in [1.29, 1.82) is 0 Å². The molecule has 0 amide bonds. The smallest absolute Gasteiger partial charge is 0.126 e. The molecular formula is C9H16O. The maximum Gasteiger partial charge on any atom is 0.126 e. The normalized spacial score (nSPS) is 17.1. The molecule has 0 aliphatic carbocycles. The summed E-state index contributed by atoms with van der Waals surface area (Å²) in [6.45, 7) is 6.00. The summed E-state index contributed by atoms with van der Waals surface area (Å²) in [4.78, 5) is 10.5. The lowest BCUT2D eigenvalue weighted by molar-refractivity contribution is -0.115. The first kappa shape index (κ1) is 9.41. The highest BCUT2D eigenvalue weighted by Gasteiger charge is 2.18.